The molecule has 0 aliphatic heterocycles. The van der Waals surface area contributed by atoms with Crippen LogP contribution in [0.15, 0.2) is 42.5 Å². The fraction of sp³-hybridized carbons (Fsp3) is 0.0667. The largest absolute Gasteiger partial charge is 0.273 e. The van der Waals surface area contributed by atoms with Gasteiger partial charge in [0, 0.05) is 17.2 Å². The number of hydrazine groups is 1. The minimum absolute atomic E-state index is 0.00839. The summed E-state index contributed by atoms with van der Waals surface area (Å²) in [6.45, 7) is 0. The van der Waals surface area contributed by atoms with Crippen LogP contribution in [0.1, 0.15) is 15.9 Å². The van der Waals surface area contributed by atoms with Gasteiger partial charge in [0.2, 0.25) is 5.91 Å². The molecule has 2 aromatic rings. The Kier molecular flexibility index (Phi) is 5.73. The van der Waals surface area contributed by atoms with Crippen molar-refractivity contribution in [3.63, 3.8) is 0 Å². The highest BCUT2D eigenvalue weighted by Crippen LogP contribution is 2.22. The number of nitrogens with one attached hydrogen (secondary N) is 2. The van der Waals surface area contributed by atoms with E-state index in [1.807, 2.05) is 0 Å². The Bertz CT molecular complexity index is 794. The first kappa shape index (κ1) is 17.7. The standard InChI is InChI=1S/C15H11Cl2N3O4/c16-10-3-1-9(2-4-10)7-14(21)18-19-15(22)12-6-5-11(20(23)24)8-13(12)17/h1-6,8H,7H2,(H,18,21)(H,19,22). The Morgan fingerprint density at radius 3 is 2.29 bits per heavy atom. The van der Waals surface area contributed by atoms with Crippen LogP contribution in [0.2, 0.25) is 10.0 Å². The predicted molar refractivity (Wildman–Crippen MR) is 88.9 cm³/mol. The highest BCUT2D eigenvalue weighted by Gasteiger charge is 2.15. The molecule has 0 aliphatic carbocycles. The molecule has 2 N–H and O–H groups in total. The first-order chi connectivity index (χ1) is 11.4. The second-order valence-corrected chi connectivity index (χ2v) is 5.57. The molecule has 0 bridgehead atoms. The van der Waals surface area contributed by atoms with E-state index in [0.29, 0.717) is 5.02 Å². The monoisotopic (exact) mass is 367 g/mol. The Morgan fingerprint density at radius 1 is 1.04 bits per heavy atom. The molecule has 124 valence electrons. The lowest BCUT2D eigenvalue weighted by molar-refractivity contribution is -0.384. The van der Waals surface area contributed by atoms with Crippen molar-refractivity contribution in [2.45, 2.75) is 6.42 Å². The molecule has 7 nitrogen and oxygen atoms in total. The Balaban J connectivity index is 1.94. The van der Waals surface area contributed by atoms with Gasteiger partial charge in [-0.15, -0.1) is 0 Å². The minimum Gasteiger partial charge on any atom is -0.273 e. The lowest BCUT2D eigenvalue weighted by Gasteiger charge is -2.08. The summed E-state index contributed by atoms with van der Waals surface area (Å²) < 4.78 is 0. The van der Waals surface area contributed by atoms with E-state index < -0.39 is 16.7 Å². The van der Waals surface area contributed by atoms with E-state index in [1.165, 1.54) is 6.07 Å². The van der Waals surface area contributed by atoms with E-state index >= 15 is 0 Å². The quantitative estimate of drug-likeness (QED) is 0.640. The third-order valence-corrected chi connectivity index (χ3v) is 3.57. The first-order valence-electron chi connectivity index (χ1n) is 6.64. The summed E-state index contributed by atoms with van der Waals surface area (Å²) in [6.07, 6.45) is 0.0471. The number of non-ortho nitro benzene ring substituents is 1. The average molecular weight is 368 g/mol. The number of amides is 2. The van der Waals surface area contributed by atoms with Gasteiger partial charge in [0.15, 0.2) is 0 Å². The predicted octanol–water partition coefficient (Wildman–Crippen LogP) is 2.91. The molecular weight excluding hydrogens is 357 g/mol. The molecule has 0 spiro atoms. The summed E-state index contributed by atoms with van der Waals surface area (Å²) in [5.41, 5.74) is 4.94. The van der Waals surface area contributed by atoms with Crippen molar-refractivity contribution >= 4 is 40.7 Å². The van der Waals surface area contributed by atoms with Crippen molar-refractivity contribution in [1.29, 1.82) is 0 Å². The lowest BCUT2D eigenvalue weighted by Crippen LogP contribution is -2.42. The van der Waals surface area contributed by atoms with Gasteiger partial charge in [-0.25, -0.2) is 0 Å². The van der Waals surface area contributed by atoms with Crippen LogP contribution in [0.4, 0.5) is 5.69 Å². The van der Waals surface area contributed by atoms with Gasteiger partial charge in [0.25, 0.3) is 11.6 Å². The normalized spacial score (nSPS) is 10.1. The average Bonchev–Trinajstić information content (AvgIpc) is 2.54. The number of nitrogens with zero attached hydrogens (tertiary/aromatic N) is 1. The van der Waals surface area contributed by atoms with Crippen LogP contribution in [0.3, 0.4) is 0 Å². The van der Waals surface area contributed by atoms with E-state index in [4.69, 9.17) is 23.2 Å². The van der Waals surface area contributed by atoms with Crippen LogP contribution in [-0.4, -0.2) is 16.7 Å². The van der Waals surface area contributed by atoms with Gasteiger partial charge in [-0.3, -0.25) is 30.6 Å². The zero-order chi connectivity index (χ0) is 17.7. The fourth-order valence-corrected chi connectivity index (χ4v) is 2.21. The second kappa shape index (κ2) is 7.76. The molecule has 0 aliphatic rings. The number of carbonyl (C=O) groups excluding carboxylic acids is 2. The summed E-state index contributed by atoms with van der Waals surface area (Å²) in [4.78, 5) is 33.7. The number of carbonyl (C=O) groups is 2. The van der Waals surface area contributed by atoms with E-state index in [1.54, 1.807) is 24.3 Å². The van der Waals surface area contributed by atoms with Gasteiger partial charge in [0.1, 0.15) is 0 Å². The molecule has 0 saturated heterocycles. The topological polar surface area (TPSA) is 101 Å². The minimum atomic E-state index is -0.681. The van der Waals surface area contributed by atoms with E-state index in [9.17, 15) is 19.7 Å². The SMILES string of the molecule is O=C(Cc1ccc(Cl)cc1)NNC(=O)c1ccc([N+](=O)[O-])cc1Cl. The molecule has 2 rings (SSSR count). The summed E-state index contributed by atoms with van der Waals surface area (Å²) in [7, 11) is 0. The van der Waals surface area contributed by atoms with Gasteiger partial charge in [-0.05, 0) is 23.8 Å². The van der Waals surface area contributed by atoms with Gasteiger partial charge >= 0.3 is 0 Å². The van der Waals surface area contributed by atoms with Crippen LogP contribution in [-0.2, 0) is 11.2 Å². The fourth-order valence-electron chi connectivity index (χ4n) is 1.83. The number of nitro groups is 1. The number of hydrogen-bond donors (Lipinski definition) is 2. The van der Waals surface area contributed by atoms with E-state index in [2.05, 4.69) is 10.9 Å². The maximum Gasteiger partial charge on any atom is 0.271 e. The molecule has 0 aromatic heterocycles. The Labute approximate surface area is 146 Å². The van der Waals surface area contributed by atoms with E-state index in [0.717, 1.165) is 17.7 Å². The van der Waals surface area contributed by atoms with Crippen molar-refractivity contribution in [1.82, 2.24) is 10.9 Å². The smallest absolute Gasteiger partial charge is 0.271 e. The summed E-state index contributed by atoms with van der Waals surface area (Å²) in [5, 5.41) is 11.1. The van der Waals surface area contributed by atoms with Crippen molar-refractivity contribution in [3.8, 4) is 0 Å². The van der Waals surface area contributed by atoms with Crippen LogP contribution in [0, 0.1) is 10.1 Å². The van der Waals surface area contributed by atoms with E-state index in [-0.39, 0.29) is 22.7 Å². The Morgan fingerprint density at radius 2 is 1.71 bits per heavy atom. The molecular formula is C15H11Cl2N3O4. The van der Waals surface area contributed by atoms with Gasteiger partial charge < -0.3 is 0 Å². The lowest BCUT2D eigenvalue weighted by atomic mass is 10.1. The van der Waals surface area contributed by atoms with Gasteiger partial charge in [-0.1, -0.05) is 35.3 Å². The first-order valence-corrected chi connectivity index (χ1v) is 7.40. The van der Waals surface area contributed by atoms with Crippen molar-refractivity contribution < 1.29 is 14.5 Å². The van der Waals surface area contributed by atoms with Gasteiger partial charge in [-0.2, -0.15) is 0 Å². The molecule has 0 fully saturated rings. The number of halogens is 2. The van der Waals surface area contributed by atoms with Crippen LogP contribution in [0.5, 0.6) is 0 Å². The van der Waals surface area contributed by atoms with Gasteiger partial charge in [0.05, 0.1) is 21.9 Å². The third kappa shape index (κ3) is 4.68. The molecule has 9 heteroatoms. The maximum atomic E-state index is 12.0. The summed E-state index contributed by atoms with van der Waals surface area (Å²) >= 11 is 11.6. The molecule has 0 heterocycles. The highest BCUT2D eigenvalue weighted by atomic mass is 35.5. The zero-order valence-electron chi connectivity index (χ0n) is 12.1. The van der Waals surface area contributed by atoms with Crippen LogP contribution < -0.4 is 10.9 Å². The summed E-state index contributed by atoms with van der Waals surface area (Å²) in [5.74, 6) is -1.12. The number of rotatable bonds is 4. The molecule has 0 atom stereocenters. The highest BCUT2D eigenvalue weighted by molar-refractivity contribution is 6.34. The number of hydrogen-bond acceptors (Lipinski definition) is 4. The number of benzene rings is 2. The molecule has 0 saturated carbocycles. The van der Waals surface area contributed by atoms with Crippen molar-refractivity contribution in [3.05, 3.63) is 73.8 Å². The Hall–Kier alpha value is -2.64. The second-order valence-electron chi connectivity index (χ2n) is 4.73. The number of nitro benzene ring substituents is 1. The summed E-state index contributed by atoms with van der Waals surface area (Å²) in [6, 6.07) is 10.1. The maximum absolute atomic E-state index is 12.0. The van der Waals surface area contributed by atoms with Crippen molar-refractivity contribution in [2.75, 3.05) is 0 Å². The van der Waals surface area contributed by atoms with Crippen LogP contribution in [0.25, 0.3) is 0 Å². The molecule has 0 unspecified atom stereocenters. The molecule has 0 radical (unpaired) electrons. The van der Waals surface area contributed by atoms with Crippen molar-refractivity contribution in [2.24, 2.45) is 0 Å². The molecule has 24 heavy (non-hydrogen) atoms. The third-order valence-electron chi connectivity index (χ3n) is 3.00. The molecule has 2 aromatic carbocycles. The zero-order valence-corrected chi connectivity index (χ0v) is 13.6. The molecule has 2 amide bonds. The van der Waals surface area contributed by atoms with Crippen LogP contribution >= 0.6 is 23.2 Å².